The third kappa shape index (κ3) is 3.52. The van der Waals surface area contributed by atoms with Gasteiger partial charge in [0.15, 0.2) is 11.2 Å². The molecule has 2 aliphatic rings. The van der Waals surface area contributed by atoms with Crippen molar-refractivity contribution in [3.8, 4) is 0 Å². The fourth-order valence-electron chi connectivity index (χ4n) is 3.86. The first-order valence-electron chi connectivity index (χ1n) is 9.54. The molecular formula is C17H24N4O9. The van der Waals surface area contributed by atoms with Crippen LogP contribution in [0.25, 0.3) is 11.2 Å². The van der Waals surface area contributed by atoms with E-state index in [1.807, 2.05) is 0 Å². The third-order valence-corrected chi connectivity index (χ3v) is 5.59. The van der Waals surface area contributed by atoms with Crippen LogP contribution in [0.3, 0.4) is 0 Å². The summed E-state index contributed by atoms with van der Waals surface area (Å²) in [6.45, 7) is -1.03. The van der Waals surface area contributed by atoms with Crippen LogP contribution in [0.15, 0.2) is 17.4 Å². The Morgan fingerprint density at radius 2 is 1.37 bits per heavy atom. The highest BCUT2D eigenvalue weighted by Gasteiger charge is 2.39. The second-order valence-electron chi connectivity index (χ2n) is 7.49. The molecule has 0 radical (unpaired) electrons. The van der Waals surface area contributed by atoms with E-state index in [-0.39, 0.29) is 24.0 Å². The Labute approximate surface area is 169 Å². The zero-order chi connectivity index (χ0) is 21.6. The highest BCUT2D eigenvalue weighted by atomic mass is 16.5. The SMILES string of the molecule is O=c1c2ncn([C@@H]3C[C@H](O)[C@H](O)[C@H](CO)O3)c2ncn1[C@@H]1C[C@H](O)[C@H](O)[C@H](CO)O1. The predicted octanol–water partition coefficient (Wildman–Crippen LogP) is -3.40. The number of hydrogen-bond acceptors (Lipinski definition) is 11. The summed E-state index contributed by atoms with van der Waals surface area (Å²) in [6, 6.07) is 0. The number of imidazole rings is 1. The molecule has 8 atom stereocenters. The monoisotopic (exact) mass is 428 g/mol. The average molecular weight is 428 g/mol. The lowest BCUT2D eigenvalue weighted by Gasteiger charge is -2.37. The summed E-state index contributed by atoms with van der Waals surface area (Å²) in [5.41, 5.74) is -0.428. The van der Waals surface area contributed by atoms with Crippen molar-refractivity contribution in [1.29, 1.82) is 0 Å². The number of nitrogens with zero attached hydrogens (tertiary/aromatic N) is 4. The molecule has 0 amide bonds. The molecule has 2 saturated heterocycles. The molecule has 0 spiro atoms. The van der Waals surface area contributed by atoms with Crippen molar-refractivity contribution in [2.45, 2.75) is 61.9 Å². The van der Waals surface area contributed by atoms with E-state index in [2.05, 4.69) is 9.97 Å². The summed E-state index contributed by atoms with van der Waals surface area (Å²) >= 11 is 0. The van der Waals surface area contributed by atoms with Gasteiger partial charge in [-0.3, -0.25) is 13.9 Å². The molecule has 0 aliphatic carbocycles. The maximum atomic E-state index is 12.9. The molecule has 0 bridgehead atoms. The maximum Gasteiger partial charge on any atom is 0.283 e. The molecule has 13 heteroatoms. The largest absolute Gasteiger partial charge is 0.394 e. The van der Waals surface area contributed by atoms with Crippen LogP contribution < -0.4 is 5.56 Å². The van der Waals surface area contributed by atoms with E-state index in [1.54, 1.807) is 0 Å². The molecule has 0 aromatic carbocycles. The summed E-state index contributed by atoms with van der Waals surface area (Å²) in [7, 11) is 0. The van der Waals surface area contributed by atoms with Gasteiger partial charge < -0.3 is 40.1 Å². The normalized spacial score (nSPS) is 37.5. The Kier molecular flexibility index (Phi) is 5.87. The number of aliphatic hydroxyl groups is 6. The number of rotatable bonds is 4. The Morgan fingerprint density at radius 1 is 0.867 bits per heavy atom. The van der Waals surface area contributed by atoms with E-state index >= 15 is 0 Å². The van der Waals surface area contributed by atoms with Gasteiger partial charge in [-0.2, -0.15) is 0 Å². The van der Waals surface area contributed by atoms with Gasteiger partial charge >= 0.3 is 0 Å². The number of hydrogen-bond donors (Lipinski definition) is 6. The molecule has 4 rings (SSSR count). The number of fused-ring (bicyclic) bond motifs is 1. The Morgan fingerprint density at radius 3 is 1.90 bits per heavy atom. The van der Waals surface area contributed by atoms with E-state index in [0.29, 0.717) is 0 Å². The molecule has 30 heavy (non-hydrogen) atoms. The standard InChI is InChI=1S/C17H24N4O9/c22-3-9-14(26)7(24)1-11(29-9)20-5-18-13-16(20)19-6-21(17(13)28)12-2-8(25)15(27)10(4-23)30-12/h5-12,14-15,22-27H,1-4H2/t7-,8-,9-,10-,11-,12-,14-,15-/m0/s1. The van der Waals surface area contributed by atoms with Crippen LogP contribution in [0.4, 0.5) is 0 Å². The highest BCUT2D eigenvalue weighted by Crippen LogP contribution is 2.30. The first-order valence-corrected chi connectivity index (χ1v) is 9.54. The second kappa shape index (κ2) is 8.28. The minimum Gasteiger partial charge on any atom is -0.394 e. The average Bonchev–Trinajstić information content (AvgIpc) is 3.17. The molecule has 2 fully saturated rings. The maximum absolute atomic E-state index is 12.9. The lowest BCUT2D eigenvalue weighted by molar-refractivity contribution is -0.202. The smallest absolute Gasteiger partial charge is 0.283 e. The molecule has 2 aliphatic heterocycles. The minimum absolute atomic E-state index is 0.00187. The molecule has 2 aromatic rings. The predicted molar refractivity (Wildman–Crippen MR) is 97.0 cm³/mol. The van der Waals surface area contributed by atoms with Crippen LogP contribution in [-0.2, 0) is 9.47 Å². The summed E-state index contributed by atoms with van der Waals surface area (Å²) in [5.74, 6) is 0. The second-order valence-corrected chi connectivity index (χ2v) is 7.49. The van der Waals surface area contributed by atoms with E-state index in [0.717, 1.165) is 4.57 Å². The fraction of sp³-hybridized carbons (Fsp3) is 0.706. The minimum atomic E-state index is -1.28. The quantitative estimate of drug-likeness (QED) is 0.284. The molecule has 4 heterocycles. The van der Waals surface area contributed by atoms with Crippen LogP contribution in [0.5, 0.6) is 0 Å². The van der Waals surface area contributed by atoms with Crippen molar-refractivity contribution >= 4 is 11.2 Å². The summed E-state index contributed by atoms with van der Waals surface area (Å²) in [4.78, 5) is 21.2. The van der Waals surface area contributed by atoms with Crippen LogP contribution >= 0.6 is 0 Å². The topological polar surface area (TPSA) is 193 Å². The highest BCUT2D eigenvalue weighted by molar-refractivity contribution is 5.69. The molecular weight excluding hydrogens is 404 g/mol. The number of aromatic nitrogens is 4. The summed E-state index contributed by atoms with van der Waals surface area (Å²) < 4.78 is 13.7. The molecule has 166 valence electrons. The van der Waals surface area contributed by atoms with E-state index in [9.17, 15) is 35.4 Å². The molecule has 13 nitrogen and oxygen atoms in total. The Bertz CT molecular complexity index is 949. The zero-order valence-corrected chi connectivity index (χ0v) is 15.8. The van der Waals surface area contributed by atoms with Crippen molar-refractivity contribution in [1.82, 2.24) is 19.1 Å². The lowest BCUT2D eigenvalue weighted by Crippen LogP contribution is -2.49. The van der Waals surface area contributed by atoms with Crippen molar-refractivity contribution in [3.05, 3.63) is 23.0 Å². The van der Waals surface area contributed by atoms with Gasteiger partial charge in [0.25, 0.3) is 5.56 Å². The van der Waals surface area contributed by atoms with Crippen molar-refractivity contribution in [3.63, 3.8) is 0 Å². The summed E-state index contributed by atoms with van der Waals surface area (Å²) in [6.07, 6.45) is -6.26. The van der Waals surface area contributed by atoms with Gasteiger partial charge in [-0.05, 0) is 0 Å². The molecule has 6 N–H and O–H groups in total. The van der Waals surface area contributed by atoms with Gasteiger partial charge in [-0.25, -0.2) is 9.97 Å². The van der Waals surface area contributed by atoms with Crippen molar-refractivity contribution in [2.24, 2.45) is 0 Å². The molecule has 0 saturated carbocycles. The van der Waals surface area contributed by atoms with Gasteiger partial charge in [-0.1, -0.05) is 0 Å². The number of ether oxygens (including phenoxy) is 2. The van der Waals surface area contributed by atoms with Crippen LogP contribution in [-0.4, -0.2) is 99.6 Å². The lowest BCUT2D eigenvalue weighted by atomic mass is 10.0. The first kappa shape index (κ1) is 21.3. The van der Waals surface area contributed by atoms with E-state index in [1.165, 1.54) is 17.2 Å². The van der Waals surface area contributed by atoms with Gasteiger partial charge in [0.2, 0.25) is 0 Å². The van der Waals surface area contributed by atoms with E-state index in [4.69, 9.17) is 9.47 Å². The van der Waals surface area contributed by atoms with Crippen molar-refractivity contribution in [2.75, 3.05) is 13.2 Å². The van der Waals surface area contributed by atoms with Crippen LogP contribution in [0.2, 0.25) is 0 Å². The van der Waals surface area contributed by atoms with Gasteiger partial charge in [0.05, 0.1) is 31.7 Å². The fourth-order valence-corrected chi connectivity index (χ4v) is 3.86. The third-order valence-electron chi connectivity index (χ3n) is 5.59. The van der Waals surface area contributed by atoms with E-state index < -0.39 is 67.9 Å². The summed E-state index contributed by atoms with van der Waals surface area (Å²) in [5, 5.41) is 58.5. The molecule has 2 aromatic heterocycles. The van der Waals surface area contributed by atoms with Crippen molar-refractivity contribution < 1.29 is 40.1 Å². The van der Waals surface area contributed by atoms with Crippen LogP contribution in [0.1, 0.15) is 25.3 Å². The molecule has 0 unspecified atom stereocenters. The van der Waals surface area contributed by atoms with Gasteiger partial charge in [0, 0.05) is 12.8 Å². The number of aliphatic hydroxyl groups excluding tert-OH is 6. The van der Waals surface area contributed by atoms with Crippen LogP contribution in [0, 0.1) is 0 Å². The Balaban J connectivity index is 1.65. The zero-order valence-electron chi connectivity index (χ0n) is 15.8. The van der Waals surface area contributed by atoms with Gasteiger partial charge in [0.1, 0.15) is 43.2 Å². The Hall–Kier alpha value is -1.97. The van der Waals surface area contributed by atoms with Gasteiger partial charge in [-0.15, -0.1) is 0 Å². The first-order chi connectivity index (χ1) is 14.3.